The Morgan fingerprint density at radius 3 is 2.11 bits per heavy atom. The molecule has 1 amide bonds. The van der Waals surface area contributed by atoms with Crippen molar-refractivity contribution in [1.29, 1.82) is 0 Å². The third-order valence-corrected chi connectivity index (χ3v) is 5.42. The number of nitrogens with zero attached hydrogens (tertiary/aromatic N) is 1. The summed E-state index contributed by atoms with van der Waals surface area (Å²) in [5.74, 6) is -0.303. The molecule has 0 bridgehead atoms. The fourth-order valence-electron chi connectivity index (χ4n) is 3.81. The number of alkyl halides is 6. The SMILES string of the molecule is COC.COCC(=O)Nc1ccc2c(c1)CCCN2Cc1ccc(C(O)(C(F)(F)F)C(F)(F)F)cc1. The van der Waals surface area contributed by atoms with Crippen molar-refractivity contribution in [2.24, 2.45) is 0 Å². The van der Waals surface area contributed by atoms with Crippen LogP contribution < -0.4 is 10.2 Å². The molecule has 0 saturated carbocycles. The number of methoxy groups -OCH3 is 2. The first kappa shape index (κ1) is 29.4. The Hall–Kier alpha value is -2.83. The molecule has 2 aromatic carbocycles. The summed E-state index contributed by atoms with van der Waals surface area (Å²) in [6.07, 6.45) is -10.3. The zero-order valence-corrected chi connectivity index (χ0v) is 20.0. The van der Waals surface area contributed by atoms with Gasteiger partial charge < -0.3 is 24.8 Å². The van der Waals surface area contributed by atoms with Crippen LogP contribution in [0.15, 0.2) is 42.5 Å². The molecule has 12 heteroatoms. The Bertz CT molecular complexity index is 995. The number of aryl methyl sites for hydroxylation is 1. The number of carbonyl (C=O) groups is 1. The van der Waals surface area contributed by atoms with Crippen LogP contribution in [-0.2, 0) is 32.8 Å². The first-order valence-electron chi connectivity index (χ1n) is 10.8. The summed E-state index contributed by atoms with van der Waals surface area (Å²) in [6.45, 7) is 0.801. The van der Waals surface area contributed by atoms with E-state index >= 15 is 0 Å². The summed E-state index contributed by atoms with van der Waals surface area (Å²) >= 11 is 0. The van der Waals surface area contributed by atoms with Gasteiger partial charge in [0.25, 0.3) is 5.60 Å². The standard InChI is InChI=1S/C22H22F6N2O3.C2H6O/c1-33-13-19(31)29-17-8-9-18-15(11-17)3-2-10-30(18)12-14-4-6-16(7-5-14)20(32,21(23,24)25)22(26,27)28;1-3-2/h4-9,11,32H,2-3,10,12-13H2,1H3,(H,29,31);1-2H3. The Balaban J connectivity index is 0.00000145. The number of carbonyl (C=O) groups excluding carboxylic acids is 1. The van der Waals surface area contributed by atoms with Crippen molar-refractivity contribution in [3.63, 3.8) is 0 Å². The van der Waals surface area contributed by atoms with E-state index in [4.69, 9.17) is 4.74 Å². The van der Waals surface area contributed by atoms with Gasteiger partial charge in [-0.05, 0) is 42.2 Å². The topological polar surface area (TPSA) is 71.0 Å². The number of ether oxygens (including phenoxy) is 2. The number of aliphatic hydroxyl groups is 1. The minimum atomic E-state index is -5.92. The van der Waals surface area contributed by atoms with E-state index in [1.54, 1.807) is 26.4 Å². The molecule has 0 fully saturated rings. The van der Waals surface area contributed by atoms with Gasteiger partial charge in [-0.1, -0.05) is 24.3 Å². The van der Waals surface area contributed by atoms with Crippen LogP contribution in [-0.4, -0.2) is 57.8 Å². The van der Waals surface area contributed by atoms with Crippen molar-refractivity contribution >= 4 is 17.3 Å². The highest BCUT2D eigenvalue weighted by molar-refractivity contribution is 5.92. The highest BCUT2D eigenvalue weighted by Crippen LogP contribution is 2.50. The molecule has 0 unspecified atom stereocenters. The summed E-state index contributed by atoms with van der Waals surface area (Å²) in [7, 11) is 4.66. The summed E-state index contributed by atoms with van der Waals surface area (Å²) in [4.78, 5) is 13.7. The molecule has 0 aromatic heterocycles. The van der Waals surface area contributed by atoms with Crippen LogP contribution in [0.3, 0.4) is 0 Å². The highest BCUT2D eigenvalue weighted by atomic mass is 19.4. The molecule has 2 aromatic rings. The number of fused-ring (bicyclic) bond motifs is 1. The maximum absolute atomic E-state index is 13.1. The van der Waals surface area contributed by atoms with Crippen LogP contribution in [0.2, 0.25) is 0 Å². The minimum Gasteiger partial charge on any atom is -0.388 e. The Labute approximate surface area is 204 Å². The second-order valence-corrected chi connectivity index (χ2v) is 8.16. The molecule has 0 atom stereocenters. The monoisotopic (exact) mass is 522 g/mol. The fraction of sp³-hybridized carbons (Fsp3) is 0.458. The number of benzene rings is 2. The highest BCUT2D eigenvalue weighted by Gasteiger charge is 2.71. The molecule has 1 heterocycles. The van der Waals surface area contributed by atoms with Crippen LogP contribution >= 0.6 is 0 Å². The van der Waals surface area contributed by atoms with E-state index in [0.717, 1.165) is 36.2 Å². The first-order chi connectivity index (χ1) is 16.8. The number of halogens is 6. The predicted octanol–water partition coefficient (Wildman–Crippen LogP) is 4.80. The van der Waals surface area contributed by atoms with Gasteiger partial charge in [0.05, 0.1) is 0 Å². The number of nitrogens with one attached hydrogen (secondary N) is 1. The van der Waals surface area contributed by atoms with Gasteiger partial charge in [0.2, 0.25) is 5.91 Å². The van der Waals surface area contributed by atoms with Crippen LogP contribution in [0, 0.1) is 0 Å². The Kier molecular flexibility index (Phi) is 9.75. The molecule has 1 aliphatic rings. The number of rotatable bonds is 6. The molecule has 200 valence electrons. The lowest BCUT2D eigenvalue weighted by molar-refractivity contribution is -0.376. The molecular formula is C24H28F6N2O4. The van der Waals surface area contributed by atoms with Gasteiger partial charge in [-0.15, -0.1) is 0 Å². The molecule has 0 radical (unpaired) electrons. The van der Waals surface area contributed by atoms with E-state index in [2.05, 4.69) is 10.1 Å². The number of hydrogen-bond acceptors (Lipinski definition) is 5. The zero-order valence-electron chi connectivity index (χ0n) is 20.0. The molecule has 3 rings (SSSR count). The zero-order chi connectivity index (χ0) is 27.1. The normalized spacial score (nSPS) is 14.0. The van der Waals surface area contributed by atoms with Gasteiger partial charge in [0.1, 0.15) is 6.61 Å². The second kappa shape index (κ2) is 11.9. The van der Waals surface area contributed by atoms with E-state index in [9.17, 15) is 36.2 Å². The van der Waals surface area contributed by atoms with Crippen molar-refractivity contribution in [1.82, 2.24) is 0 Å². The molecule has 6 nitrogen and oxygen atoms in total. The predicted molar refractivity (Wildman–Crippen MR) is 122 cm³/mol. The fourth-order valence-corrected chi connectivity index (χ4v) is 3.81. The van der Waals surface area contributed by atoms with Gasteiger partial charge in [0.15, 0.2) is 0 Å². The Morgan fingerprint density at radius 1 is 1.00 bits per heavy atom. The number of hydrogen-bond donors (Lipinski definition) is 2. The lowest BCUT2D eigenvalue weighted by Gasteiger charge is -2.33. The van der Waals surface area contributed by atoms with Crippen LogP contribution in [0.25, 0.3) is 0 Å². The lowest BCUT2D eigenvalue weighted by Crippen LogP contribution is -2.53. The average molecular weight is 522 g/mol. The van der Waals surface area contributed by atoms with E-state index in [1.807, 2.05) is 11.0 Å². The summed E-state index contributed by atoms with van der Waals surface area (Å²) in [5.41, 5.74) is -3.34. The van der Waals surface area contributed by atoms with Crippen LogP contribution in [0.4, 0.5) is 37.7 Å². The van der Waals surface area contributed by atoms with Crippen LogP contribution in [0.1, 0.15) is 23.1 Å². The third-order valence-electron chi connectivity index (χ3n) is 5.42. The summed E-state index contributed by atoms with van der Waals surface area (Å²) < 4.78 is 87.4. The third kappa shape index (κ3) is 6.68. The Morgan fingerprint density at radius 2 is 1.58 bits per heavy atom. The maximum atomic E-state index is 13.1. The van der Waals surface area contributed by atoms with Crippen molar-refractivity contribution in [3.05, 3.63) is 59.2 Å². The van der Waals surface area contributed by atoms with E-state index < -0.39 is 23.5 Å². The molecule has 0 saturated heterocycles. The van der Waals surface area contributed by atoms with Crippen molar-refractivity contribution < 1.29 is 45.7 Å². The van der Waals surface area contributed by atoms with Gasteiger partial charge in [-0.3, -0.25) is 4.79 Å². The molecule has 0 spiro atoms. The number of amides is 1. The van der Waals surface area contributed by atoms with E-state index in [-0.39, 0.29) is 19.1 Å². The van der Waals surface area contributed by atoms with Crippen LogP contribution in [0.5, 0.6) is 0 Å². The molecular weight excluding hydrogens is 494 g/mol. The average Bonchev–Trinajstić information content (AvgIpc) is 2.78. The second-order valence-electron chi connectivity index (χ2n) is 8.16. The van der Waals surface area contributed by atoms with Gasteiger partial charge in [-0.25, -0.2) is 0 Å². The molecule has 36 heavy (non-hydrogen) atoms. The van der Waals surface area contributed by atoms with E-state index in [1.165, 1.54) is 7.11 Å². The lowest BCUT2D eigenvalue weighted by atomic mass is 9.91. The van der Waals surface area contributed by atoms with Crippen molar-refractivity contribution in [2.45, 2.75) is 37.3 Å². The van der Waals surface area contributed by atoms with Gasteiger partial charge >= 0.3 is 12.4 Å². The smallest absolute Gasteiger partial charge is 0.388 e. The largest absolute Gasteiger partial charge is 0.430 e. The maximum Gasteiger partial charge on any atom is 0.430 e. The van der Waals surface area contributed by atoms with Gasteiger partial charge in [0, 0.05) is 51.4 Å². The first-order valence-corrected chi connectivity index (χ1v) is 10.8. The van der Waals surface area contributed by atoms with Gasteiger partial charge in [-0.2, -0.15) is 26.3 Å². The summed E-state index contributed by atoms with van der Waals surface area (Å²) in [5, 5.41) is 12.2. The molecule has 2 N–H and O–H groups in total. The summed E-state index contributed by atoms with van der Waals surface area (Å²) in [6, 6.07) is 8.92. The minimum absolute atomic E-state index is 0.0863. The number of anilines is 2. The molecule has 1 aliphatic heterocycles. The van der Waals surface area contributed by atoms with E-state index in [0.29, 0.717) is 29.9 Å². The van der Waals surface area contributed by atoms with Crippen molar-refractivity contribution in [2.75, 3.05) is 44.7 Å². The quantitative estimate of drug-likeness (QED) is 0.534. The molecule has 0 aliphatic carbocycles. The van der Waals surface area contributed by atoms with Crippen molar-refractivity contribution in [3.8, 4) is 0 Å².